The molecule has 0 aromatic heterocycles. The van der Waals surface area contributed by atoms with Crippen LogP contribution in [0.25, 0.3) is 0 Å². The van der Waals surface area contributed by atoms with Gasteiger partial charge in [0.1, 0.15) is 0 Å². The Labute approximate surface area is 121 Å². The molecule has 4 heteroatoms. The van der Waals surface area contributed by atoms with Crippen LogP contribution in [0.5, 0.6) is 0 Å². The molecule has 1 aromatic carbocycles. The second-order valence-corrected chi connectivity index (χ2v) is 5.10. The van der Waals surface area contributed by atoms with Crippen molar-refractivity contribution < 1.29 is 9.53 Å². The zero-order valence-corrected chi connectivity index (χ0v) is 12.2. The van der Waals surface area contributed by atoms with Crippen molar-refractivity contribution in [3.63, 3.8) is 0 Å². The van der Waals surface area contributed by atoms with Crippen LogP contribution in [-0.4, -0.2) is 37.0 Å². The first-order chi connectivity index (χ1) is 9.81. The zero-order chi connectivity index (χ0) is 14.2. The summed E-state index contributed by atoms with van der Waals surface area (Å²) in [6.07, 6.45) is 2.28. The van der Waals surface area contributed by atoms with Crippen LogP contribution in [0.2, 0.25) is 0 Å². The van der Waals surface area contributed by atoms with Crippen LogP contribution >= 0.6 is 0 Å². The number of nitrogens with one attached hydrogen (secondary N) is 1. The third kappa shape index (κ3) is 4.32. The highest BCUT2D eigenvalue weighted by molar-refractivity contribution is 5.78. The summed E-state index contributed by atoms with van der Waals surface area (Å²) < 4.78 is 5.47. The Hall–Kier alpha value is -1.39. The van der Waals surface area contributed by atoms with Gasteiger partial charge in [-0.05, 0) is 30.9 Å². The fraction of sp³-hybridized carbons (Fsp3) is 0.562. The molecule has 1 fully saturated rings. The molecule has 1 aliphatic heterocycles. The number of rotatable bonds is 7. The van der Waals surface area contributed by atoms with E-state index in [1.165, 1.54) is 11.1 Å². The standard InChI is InChI=1S/C16H24N2O2/c1-2-20-13-15-8-4-3-7-14(15)11-17-12-16(19)18-9-5-6-10-18/h3-4,7-8,17H,2,5-6,9-13H2,1H3. The normalized spacial score (nSPS) is 14.8. The van der Waals surface area contributed by atoms with E-state index in [2.05, 4.69) is 17.4 Å². The lowest BCUT2D eigenvalue weighted by Crippen LogP contribution is -2.36. The van der Waals surface area contributed by atoms with Crippen LogP contribution in [-0.2, 0) is 22.7 Å². The highest BCUT2D eigenvalue weighted by Gasteiger charge is 2.17. The second kappa shape index (κ2) is 8.02. The number of ether oxygens (including phenoxy) is 1. The van der Waals surface area contributed by atoms with Crippen molar-refractivity contribution in [3.8, 4) is 0 Å². The predicted octanol–water partition coefficient (Wildman–Crippen LogP) is 1.94. The van der Waals surface area contributed by atoms with Gasteiger partial charge in [0, 0.05) is 26.2 Å². The van der Waals surface area contributed by atoms with Gasteiger partial charge in [0.25, 0.3) is 0 Å². The largest absolute Gasteiger partial charge is 0.377 e. The maximum atomic E-state index is 11.9. The fourth-order valence-electron chi connectivity index (χ4n) is 2.47. The van der Waals surface area contributed by atoms with Gasteiger partial charge in [0.2, 0.25) is 5.91 Å². The van der Waals surface area contributed by atoms with Gasteiger partial charge in [0.15, 0.2) is 0 Å². The van der Waals surface area contributed by atoms with E-state index in [0.717, 1.165) is 32.5 Å². The first-order valence-electron chi connectivity index (χ1n) is 7.44. The Morgan fingerprint density at radius 1 is 1.25 bits per heavy atom. The predicted molar refractivity (Wildman–Crippen MR) is 79.3 cm³/mol. The molecule has 1 N–H and O–H groups in total. The quantitative estimate of drug-likeness (QED) is 0.827. The molecule has 0 atom stereocenters. The van der Waals surface area contributed by atoms with Crippen LogP contribution in [0.1, 0.15) is 30.9 Å². The van der Waals surface area contributed by atoms with Crippen LogP contribution in [0.15, 0.2) is 24.3 Å². The highest BCUT2D eigenvalue weighted by atomic mass is 16.5. The number of hydrogen-bond donors (Lipinski definition) is 1. The van der Waals surface area contributed by atoms with Gasteiger partial charge in [0.05, 0.1) is 13.2 Å². The summed E-state index contributed by atoms with van der Waals surface area (Å²) in [4.78, 5) is 13.9. The van der Waals surface area contributed by atoms with Crippen LogP contribution in [0, 0.1) is 0 Å². The minimum absolute atomic E-state index is 0.213. The average molecular weight is 276 g/mol. The molecule has 1 amide bonds. The molecule has 1 heterocycles. The topological polar surface area (TPSA) is 41.6 Å². The van der Waals surface area contributed by atoms with E-state index in [1.807, 2.05) is 24.0 Å². The molecule has 0 spiro atoms. The van der Waals surface area contributed by atoms with E-state index >= 15 is 0 Å². The van der Waals surface area contributed by atoms with E-state index < -0.39 is 0 Å². The van der Waals surface area contributed by atoms with Crippen molar-refractivity contribution in [2.75, 3.05) is 26.2 Å². The zero-order valence-electron chi connectivity index (χ0n) is 12.2. The van der Waals surface area contributed by atoms with E-state index in [1.54, 1.807) is 0 Å². The smallest absolute Gasteiger partial charge is 0.236 e. The SMILES string of the molecule is CCOCc1ccccc1CNCC(=O)N1CCCC1. The highest BCUT2D eigenvalue weighted by Crippen LogP contribution is 2.10. The van der Waals surface area contributed by atoms with Gasteiger partial charge >= 0.3 is 0 Å². The number of amides is 1. The van der Waals surface area contributed by atoms with Crippen molar-refractivity contribution in [3.05, 3.63) is 35.4 Å². The van der Waals surface area contributed by atoms with Crippen LogP contribution in [0.4, 0.5) is 0 Å². The third-order valence-electron chi connectivity index (χ3n) is 3.63. The Morgan fingerprint density at radius 2 is 1.95 bits per heavy atom. The van der Waals surface area contributed by atoms with Crippen molar-refractivity contribution in [1.82, 2.24) is 10.2 Å². The minimum atomic E-state index is 0.213. The molecular weight excluding hydrogens is 252 g/mol. The first kappa shape index (κ1) is 15.0. The molecule has 0 saturated carbocycles. The van der Waals surface area contributed by atoms with Crippen molar-refractivity contribution in [2.45, 2.75) is 32.9 Å². The molecule has 110 valence electrons. The number of nitrogens with zero attached hydrogens (tertiary/aromatic N) is 1. The Bertz CT molecular complexity index is 428. The van der Waals surface area contributed by atoms with Gasteiger partial charge in [-0.25, -0.2) is 0 Å². The summed E-state index contributed by atoms with van der Waals surface area (Å²) in [7, 11) is 0. The lowest BCUT2D eigenvalue weighted by Gasteiger charge is -2.16. The Morgan fingerprint density at radius 3 is 2.65 bits per heavy atom. The van der Waals surface area contributed by atoms with Gasteiger partial charge in [-0.1, -0.05) is 24.3 Å². The van der Waals surface area contributed by atoms with Gasteiger partial charge in [-0.15, -0.1) is 0 Å². The number of likely N-dealkylation sites (tertiary alicyclic amines) is 1. The summed E-state index contributed by atoms with van der Waals surface area (Å²) >= 11 is 0. The Kier molecular flexibility index (Phi) is 6.02. The molecule has 0 aliphatic carbocycles. The summed E-state index contributed by atoms with van der Waals surface area (Å²) in [5.41, 5.74) is 2.39. The average Bonchev–Trinajstić information content (AvgIpc) is 3.00. The maximum Gasteiger partial charge on any atom is 0.236 e. The molecule has 0 unspecified atom stereocenters. The third-order valence-corrected chi connectivity index (χ3v) is 3.63. The molecule has 1 saturated heterocycles. The molecule has 20 heavy (non-hydrogen) atoms. The summed E-state index contributed by atoms with van der Waals surface area (Å²) in [6.45, 7) is 6.31. The molecule has 1 aliphatic rings. The van der Waals surface area contributed by atoms with Crippen LogP contribution < -0.4 is 5.32 Å². The number of carbonyl (C=O) groups excluding carboxylic acids is 1. The van der Waals surface area contributed by atoms with E-state index in [0.29, 0.717) is 19.7 Å². The van der Waals surface area contributed by atoms with Crippen LogP contribution in [0.3, 0.4) is 0 Å². The minimum Gasteiger partial charge on any atom is -0.377 e. The molecular formula is C16H24N2O2. The maximum absolute atomic E-state index is 11.9. The lowest BCUT2D eigenvalue weighted by molar-refractivity contribution is -0.129. The van der Waals surface area contributed by atoms with Gasteiger partial charge in [-0.3, -0.25) is 4.79 Å². The number of carbonyl (C=O) groups is 1. The molecule has 2 rings (SSSR count). The van der Waals surface area contributed by atoms with Crippen molar-refractivity contribution >= 4 is 5.91 Å². The second-order valence-electron chi connectivity index (χ2n) is 5.10. The molecule has 0 radical (unpaired) electrons. The molecule has 1 aromatic rings. The van der Waals surface area contributed by atoms with E-state index in [-0.39, 0.29) is 5.91 Å². The van der Waals surface area contributed by atoms with Crippen molar-refractivity contribution in [2.24, 2.45) is 0 Å². The number of benzene rings is 1. The summed E-state index contributed by atoms with van der Waals surface area (Å²) in [5, 5.41) is 3.25. The van der Waals surface area contributed by atoms with Gasteiger partial charge < -0.3 is 15.0 Å². The van der Waals surface area contributed by atoms with Gasteiger partial charge in [-0.2, -0.15) is 0 Å². The van der Waals surface area contributed by atoms with E-state index in [9.17, 15) is 4.79 Å². The fourth-order valence-corrected chi connectivity index (χ4v) is 2.47. The Balaban J connectivity index is 1.79. The summed E-state index contributed by atoms with van der Waals surface area (Å²) in [5.74, 6) is 0.213. The number of hydrogen-bond acceptors (Lipinski definition) is 3. The first-order valence-corrected chi connectivity index (χ1v) is 7.44. The molecule has 4 nitrogen and oxygen atoms in total. The molecule has 0 bridgehead atoms. The summed E-state index contributed by atoms with van der Waals surface area (Å²) in [6, 6.07) is 8.21. The lowest BCUT2D eigenvalue weighted by atomic mass is 10.1. The van der Waals surface area contributed by atoms with Crippen molar-refractivity contribution in [1.29, 1.82) is 0 Å². The monoisotopic (exact) mass is 276 g/mol. The van der Waals surface area contributed by atoms with E-state index in [4.69, 9.17) is 4.74 Å².